The van der Waals surface area contributed by atoms with Gasteiger partial charge in [0.05, 0.1) is 6.61 Å². The van der Waals surface area contributed by atoms with Crippen molar-refractivity contribution in [2.75, 3.05) is 20.8 Å². The molecule has 0 atom stereocenters. The van der Waals surface area contributed by atoms with Crippen molar-refractivity contribution >= 4 is 16.6 Å². The molecule has 0 aromatic heterocycles. The van der Waals surface area contributed by atoms with Crippen molar-refractivity contribution in [1.82, 2.24) is 0 Å². The molecule has 0 aromatic rings. The van der Waals surface area contributed by atoms with Crippen LogP contribution in [0.15, 0.2) is 0 Å². The molecule has 0 bridgehead atoms. The van der Waals surface area contributed by atoms with Crippen molar-refractivity contribution in [2.45, 2.75) is 6.29 Å². The summed E-state index contributed by atoms with van der Waals surface area (Å²) in [6.07, 6.45) is -0.243. The molecule has 8 heavy (non-hydrogen) atoms. The first-order valence-electron chi connectivity index (χ1n) is 2.22. The largest absolute Gasteiger partial charge is 0.512 e. The molecule has 0 aliphatic carbocycles. The summed E-state index contributed by atoms with van der Waals surface area (Å²) in [5.41, 5.74) is 0. The molecule has 3 nitrogen and oxygen atoms in total. The summed E-state index contributed by atoms with van der Waals surface area (Å²) < 4.78 is 14.2. The molecule has 0 amide bonds. The zero-order chi connectivity index (χ0) is 6.41. The Morgan fingerprint density at radius 1 is 1.38 bits per heavy atom. The highest BCUT2D eigenvalue weighted by Gasteiger charge is 1.99. The predicted molar refractivity (Wildman–Crippen MR) is 29.5 cm³/mol. The minimum atomic E-state index is -0.243. The number of rotatable bonds is 4. The Morgan fingerprint density at radius 2 is 1.88 bits per heavy atom. The normalized spacial score (nSPS) is 10.4. The molecule has 0 aliphatic heterocycles. The lowest BCUT2D eigenvalue weighted by Crippen LogP contribution is -2.19. The van der Waals surface area contributed by atoms with Crippen LogP contribution in [0.3, 0.4) is 0 Å². The van der Waals surface area contributed by atoms with Gasteiger partial charge in [0.2, 0.25) is 0 Å². The second-order valence-corrected chi connectivity index (χ2v) is 1.57. The van der Waals surface area contributed by atoms with Gasteiger partial charge in [-0.2, -0.15) is 0 Å². The van der Waals surface area contributed by atoms with E-state index in [9.17, 15) is 0 Å². The second kappa shape index (κ2) is 5.55. The molecule has 2 radical (unpaired) electrons. The molecular weight excluding hydrogens is 123 g/mol. The monoisotopic (exact) mass is 132 g/mol. The summed E-state index contributed by atoms with van der Waals surface area (Å²) in [7, 11) is 3.13. The summed E-state index contributed by atoms with van der Waals surface area (Å²) in [6.45, 7) is 0.442. The fourth-order valence-electron chi connectivity index (χ4n) is 0.311. The Bertz CT molecular complexity index is 46.5. The first-order valence-corrected chi connectivity index (χ1v) is 2.69. The van der Waals surface area contributed by atoms with Crippen molar-refractivity contribution < 1.29 is 13.3 Å². The van der Waals surface area contributed by atoms with Crippen LogP contribution in [0.4, 0.5) is 0 Å². The lowest BCUT2D eigenvalue weighted by atomic mass is 10.7. The number of ether oxygens (including phenoxy) is 2. The van der Waals surface area contributed by atoms with Crippen LogP contribution < -0.4 is 0 Å². The van der Waals surface area contributed by atoms with Gasteiger partial charge in [-0.25, -0.2) is 0 Å². The van der Waals surface area contributed by atoms with E-state index in [0.717, 1.165) is 0 Å². The van der Waals surface area contributed by atoms with Crippen LogP contribution in [0.5, 0.6) is 0 Å². The average molecular weight is 132 g/mol. The molecule has 0 saturated carbocycles. The zero-order valence-electron chi connectivity index (χ0n) is 5.09. The zero-order valence-corrected chi connectivity index (χ0v) is 6.24. The van der Waals surface area contributed by atoms with Gasteiger partial charge in [-0.15, -0.1) is 0 Å². The summed E-state index contributed by atoms with van der Waals surface area (Å²) >= 11 is 2.12. The van der Waals surface area contributed by atoms with Crippen molar-refractivity contribution in [1.29, 1.82) is 0 Å². The smallest absolute Gasteiger partial charge is 0.369 e. The van der Waals surface area contributed by atoms with Crippen molar-refractivity contribution in [2.24, 2.45) is 0 Å². The number of hydrogen-bond acceptors (Lipinski definition) is 3. The van der Waals surface area contributed by atoms with E-state index in [-0.39, 0.29) is 6.29 Å². The summed E-state index contributed by atoms with van der Waals surface area (Å²) in [6, 6.07) is 0. The van der Waals surface area contributed by atoms with Gasteiger partial charge in [0.25, 0.3) is 0 Å². The quantitative estimate of drug-likeness (QED) is 0.388. The molecule has 0 N–H and O–H groups in total. The minimum absolute atomic E-state index is 0.243. The first-order chi connectivity index (χ1) is 3.85. The Kier molecular flexibility index (Phi) is 5.83. The Labute approximate surface area is 57.7 Å². The molecule has 0 aliphatic rings. The van der Waals surface area contributed by atoms with Gasteiger partial charge in [0.1, 0.15) is 0 Å². The number of hydrogen-bond donors (Lipinski definition) is 0. The Balaban J connectivity index is 3.07. The van der Waals surface area contributed by atoms with Crippen LogP contribution in [0.1, 0.15) is 0 Å². The van der Waals surface area contributed by atoms with Gasteiger partial charge >= 0.3 is 16.6 Å². The molecular formula is C4H9AlO3. The lowest BCUT2D eigenvalue weighted by molar-refractivity contribution is -0.121. The summed E-state index contributed by atoms with van der Waals surface area (Å²) in [4.78, 5) is 0. The number of methoxy groups -OCH3 is 2. The summed E-state index contributed by atoms with van der Waals surface area (Å²) in [5, 5.41) is 0. The molecule has 0 aromatic carbocycles. The van der Waals surface area contributed by atoms with E-state index < -0.39 is 0 Å². The van der Waals surface area contributed by atoms with Gasteiger partial charge in [-0.1, -0.05) is 0 Å². The SMILES string of the molecule is COC(C[O][Al])OC. The molecule has 0 unspecified atom stereocenters. The van der Waals surface area contributed by atoms with Crippen molar-refractivity contribution in [3.63, 3.8) is 0 Å². The van der Waals surface area contributed by atoms with E-state index in [0.29, 0.717) is 6.61 Å². The van der Waals surface area contributed by atoms with E-state index in [1.165, 1.54) is 0 Å². The maximum Gasteiger partial charge on any atom is 0.369 e. The third kappa shape index (κ3) is 3.42. The first kappa shape index (κ1) is 8.41. The average Bonchev–Trinajstić information content (AvgIpc) is 1.83. The van der Waals surface area contributed by atoms with Gasteiger partial charge in [0.15, 0.2) is 6.29 Å². The fraction of sp³-hybridized carbons (Fsp3) is 1.00. The highest BCUT2D eigenvalue weighted by atomic mass is 27.1. The van der Waals surface area contributed by atoms with Crippen LogP contribution in [-0.4, -0.2) is 43.7 Å². The molecule has 0 spiro atoms. The highest BCUT2D eigenvalue weighted by molar-refractivity contribution is 5.97. The second-order valence-electron chi connectivity index (χ2n) is 1.23. The molecule has 46 valence electrons. The molecule has 0 rings (SSSR count). The van der Waals surface area contributed by atoms with E-state index in [1.807, 2.05) is 0 Å². The van der Waals surface area contributed by atoms with Crippen LogP contribution in [-0.2, 0) is 13.3 Å². The Morgan fingerprint density at radius 3 is 2.00 bits per heavy atom. The topological polar surface area (TPSA) is 27.7 Å². The molecule has 4 heteroatoms. The highest BCUT2D eigenvalue weighted by Crippen LogP contribution is 1.88. The van der Waals surface area contributed by atoms with Crippen LogP contribution >= 0.6 is 0 Å². The van der Waals surface area contributed by atoms with Gasteiger partial charge in [0, 0.05) is 14.2 Å². The van der Waals surface area contributed by atoms with E-state index in [2.05, 4.69) is 20.4 Å². The lowest BCUT2D eigenvalue weighted by Gasteiger charge is -2.11. The molecule has 0 heterocycles. The van der Waals surface area contributed by atoms with Gasteiger partial charge < -0.3 is 13.3 Å². The maximum absolute atomic E-state index is 4.78. The van der Waals surface area contributed by atoms with E-state index in [4.69, 9.17) is 9.47 Å². The summed E-state index contributed by atoms with van der Waals surface area (Å²) in [5.74, 6) is 0. The van der Waals surface area contributed by atoms with Gasteiger partial charge in [-0.3, -0.25) is 0 Å². The molecule has 0 saturated heterocycles. The van der Waals surface area contributed by atoms with E-state index >= 15 is 0 Å². The Hall–Kier alpha value is 0.412. The fourth-order valence-corrected chi connectivity index (χ4v) is 0.468. The van der Waals surface area contributed by atoms with Crippen LogP contribution in [0, 0.1) is 0 Å². The third-order valence-corrected chi connectivity index (χ3v) is 0.951. The third-order valence-electron chi connectivity index (χ3n) is 0.758. The van der Waals surface area contributed by atoms with E-state index in [1.54, 1.807) is 14.2 Å². The predicted octanol–water partition coefficient (Wildman–Crippen LogP) is -0.295. The standard InChI is InChI=1S/C4H9O3.Al/c1-6-4(3-5)7-2;/h4H,3H2,1-2H3;/q-1;+1. The minimum Gasteiger partial charge on any atom is -0.512 e. The van der Waals surface area contributed by atoms with Crippen LogP contribution in [0.25, 0.3) is 0 Å². The van der Waals surface area contributed by atoms with Gasteiger partial charge in [-0.05, 0) is 0 Å². The van der Waals surface area contributed by atoms with Crippen molar-refractivity contribution in [3.05, 3.63) is 0 Å². The maximum atomic E-state index is 4.78. The molecule has 0 fully saturated rings. The van der Waals surface area contributed by atoms with Crippen LogP contribution in [0.2, 0.25) is 0 Å². The van der Waals surface area contributed by atoms with Crippen molar-refractivity contribution in [3.8, 4) is 0 Å².